The van der Waals surface area contributed by atoms with Crippen LogP contribution in [-0.4, -0.2) is 50.6 Å². The summed E-state index contributed by atoms with van der Waals surface area (Å²) in [4.78, 5) is 10.8. The average molecular weight is 305 g/mol. The minimum atomic E-state index is -3.71. The number of thiophene rings is 1. The maximum Gasteiger partial charge on any atom is 0.336 e. The van der Waals surface area contributed by atoms with Gasteiger partial charge in [0.25, 0.3) is 10.0 Å². The van der Waals surface area contributed by atoms with Crippen molar-refractivity contribution in [3.63, 3.8) is 0 Å². The molecule has 0 aliphatic heterocycles. The van der Waals surface area contributed by atoms with E-state index >= 15 is 0 Å². The molecule has 6 nitrogen and oxygen atoms in total. The standard InChI is InChI=1S/C11H15NO5S2/c1-3-4-12(5-6-17-2)19(15,16)10-7-9(8-18-10)11(13)14/h3,7-8H,1,4-6H2,2H3,(H,13,14). The summed E-state index contributed by atoms with van der Waals surface area (Å²) in [6, 6.07) is 1.16. The number of nitrogens with zero attached hydrogens (tertiary/aromatic N) is 1. The molecule has 1 heterocycles. The van der Waals surface area contributed by atoms with Crippen LogP contribution in [0.25, 0.3) is 0 Å². The third-order valence-electron chi connectivity index (χ3n) is 2.29. The van der Waals surface area contributed by atoms with E-state index < -0.39 is 16.0 Å². The quantitative estimate of drug-likeness (QED) is 0.731. The number of carboxylic acids is 1. The molecule has 0 aromatic carbocycles. The first kappa shape index (κ1) is 15.8. The number of methoxy groups -OCH3 is 1. The Morgan fingerprint density at radius 2 is 2.32 bits per heavy atom. The number of carboxylic acid groups (broad SMARTS) is 1. The molecule has 0 saturated carbocycles. The molecule has 1 aromatic rings. The first-order valence-corrected chi connectivity index (χ1v) is 7.67. The van der Waals surface area contributed by atoms with Crippen molar-refractivity contribution in [2.75, 3.05) is 26.8 Å². The number of aromatic carboxylic acids is 1. The normalized spacial score (nSPS) is 11.7. The predicted molar refractivity (Wildman–Crippen MR) is 72.1 cm³/mol. The van der Waals surface area contributed by atoms with E-state index in [1.54, 1.807) is 0 Å². The van der Waals surface area contributed by atoms with E-state index in [-0.39, 0.29) is 29.5 Å². The Morgan fingerprint density at radius 1 is 1.63 bits per heavy atom. The smallest absolute Gasteiger partial charge is 0.336 e. The molecule has 106 valence electrons. The van der Waals surface area contributed by atoms with Gasteiger partial charge in [-0.3, -0.25) is 0 Å². The van der Waals surface area contributed by atoms with Gasteiger partial charge in [0.2, 0.25) is 0 Å². The largest absolute Gasteiger partial charge is 0.478 e. The molecule has 0 spiro atoms. The van der Waals surface area contributed by atoms with Crippen molar-refractivity contribution >= 4 is 27.3 Å². The Hall–Kier alpha value is -1.22. The zero-order chi connectivity index (χ0) is 14.5. The van der Waals surface area contributed by atoms with E-state index in [0.29, 0.717) is 0 Å². The summed E-state index contributed by atoms with van der Waals surface area (Å²) in [5.41, 5.74) is -0.0335. The Labute approximate surface area is 116 Å². The van der Waals surface area contributed by atoms with Gasteiger partial charge in [0.15, 0.2) is 0 Å². The van der Waals surface area contributed by atoms with Crippen LogP contribution in [0.5, 0.6) is 0 Å². The summed E-state index contributed by atoms with van der Waals surface area (Å²) in [6.07, 6.45) is 1.47. The van der Waals surface area contributed by atoms with Gasteiger partial charge in [-0.05, 0) is 6.07 Å². The zero-order valence-corrected chi connectivity index (χ0v) is 12.0. The van der Waals surface area contributed by atoms with Gasteiger partial charge in [0, 0.05) is 25.6 Å². The van der Waals surface area contributed by atoms with Crippen molar-refractivity contribution in [2.45, 2.75) is 4.21 Å². The summed E-state index contributed by atoms with van der Waals surface area (Å²) in [7, 11) is -2.23. The van der Waals surface area contributed by atoms with Gasteiger partial charge in [-0.25, -0.2) is 13.2 Å². The lowest BCUT2D eigenvalue weighted by atomic mass is 10.4. The molecule has 0 bridgehead atoms. The molecule has 0 atom stereocenters. The molecule has 1 rings (SSSR count). The van der Waals surface area contributed by atoms with Crippen LogP contribution in [0.4, 0.5) is 0 Å². The van der Waals surface area contributed by atoms with Gasteiger partial charge in [0.05, 0.1) is 12.2 Å². The van der Waals surface area contributed by atoms with E-state index in [0.717, 1.165) is 17.4 Å². The minimum absolute atomic E-state index is 0.00264. The lowest BCUT2D eigenvalue weighted by Gasteiger charge is -2.19. The number of sulfonamides is 1. The van der Waals surface area contributed by atoms with E-state index in [1.165, 1.54) is 22.9 Å². The lowest BCUT2D eigenvalue weighted by molar-refractivity contribution is 0.0697. The van der Waals surface area contributed by atoms with Crippen molar-refractivity contribution in [2.24, 2.45) is 0 Å². The summed E-state index contributed by atoms with van der Waals surface area (Å²) < 4.78 is 30.7. The molecule has 0 amide bonds. The van der Waals surface area contributed by atoms with E-state index in [2.05, 4.69) is 6.58 Å². The fraction of sp³-hybridized carbons (Fsp3) is 0.364. The fourth-order valence-electron chi connectivity index (χ4n) is 1.34. The molecule has 19 heavy (non-hydrogen) atoms. The third kappa shape index (κ3) is 3.87. The second-order valence-corrected chi connectivity index (χ2v) is 6.68. The summed E-state index contributed by atoms with van der Waals surface area (Å²) >= 11 is 0.887. The van der Waals surface area contributed by atoms with Gasteiger partial charge in [-0.1, -0.05) is 6.08 Å². The molecule has 0 aliphatic carbocycles. The Morgan fingerprint density at radius 3 is 2.79 bits per heavy atom. The van der Waals surface area contributed by atoms with Crippen LogP contribution in [0.2, 0.25) is 0 Å². The molecule has 0 fully saturated rings. The van der Waals surface area contributed by atoms with Crippen LogP contribution in [0.15, 0.2) is 28.3 Å². The van der Waals surface area contributed by atoms with Gasteiger partial charge in [-0.15, -0.1) is 17.9 Å². The molecule has 8 heteroatoms. The molecule has 0 unspecified atom stereocenters. The van der Waals surface area contributed by atoms with Crippen molar-refractivity contribution in [3.8, 4) is 0 Å². The average Bonchev–Trinajstić information content (AvgIpc) is 2.84. The third-order valence-corrected chi connectivity index (χ3v) is 5.57. The molecular weight excluding hydrogens is 290 g/mol. The summed E-state index contributed by atoms with van der Waals surface area (Å²) in [6.45, 7) is 4.10. The van der Waals surface area contributed by atoms with Crippen molar-refractivity contribution < 1.29 is 23.1 Å². The van der Waals surface area contributed by atoms with Gasteiger partial charge >= 0.3 is 5.97 Å². The fourth-order valence-corrected chi connectivity index (χ4v) is 4.04. The zero-order valence-electron chi connectivity index (χ0n) is 10.4. The van der Waals surface area contributed by atoms with Crippen molar-refractivity contribution in [1.82, 2.24) is 4.31 Å². The first-order chi connectivity index (χ1) is 8.93. The molecule has 0 aliphatic rings. The van der Waals surface area contributed by atoms with Crippen LogP contribution in [0.1, 0.15) is 10.4 Å². The number of carbonyl (C=O) groups is 1. The van der Waals surface area contributed by atoms with Crippen LogP contribution >= 0.6 is 11.3 Å². The maximum absolute atomic E-state index is 12.3. The second-order valence-electron chi connectivity index (χ2n) is 3.60. The topological polar surface area (TPSA) is 83.9 Å². The van der Waals surface area contributed by atoms with Gasteiger partial charge in [0.1, 0.15) is 4.21 Å². The Bertz CT molecular complexity index is 549. The number of hydrogen-bond acceptors (Lipinski definition) is 5. The van der Waals surface area contributed by atoms with Crippen LogP contribution < -0.4 is 0 Å². The second kappa shape index (κ2) is 6.80. The molecule has 0 saturated heterocycles. The predicted octanol–water partition coefficient (Wildman–Crippen LogP) is 1.27. The highest BCUT2D eigenvalue weighted by Gasteiger charge is 2.25. The van der Waals surface area contributed by atoms with E-state index in [4.69, 9.17) is 9.84 Å². The highest BCUT2D eigenvalue weighted by molar-refractivity contribution is 7.91. The Kier molecular flexibility index (Phi) is 5.67. The highest BCUT2D eigenvalue weighted by Crippen LogP contribution is 2.23. The van der Waals surface area contributed by atoms with Gasteiger partial charge in [-0.2, -0.15) is 4.31 Å². The maximum atomic E-state index is 12.3. The number of rotatable bonds is 8. The summed E-state index contributed by atoms with van der Waals surface area (Å²) in [5, 5.41) is 10.1. The SMILES string of the molecule is C=CCN(CCOC)S(=O)(=O)c1cc(C(=O)O)cs1. The van der Waals surface area contributed by atoms with E-state index in [9.17, 15) is 13.2 Å². The Balaban J connectivity index is 3.03. The van der Waals surface area contributed by atoms with Crippen molar-refractivity contribution in [1.29, 1.82) is 0 Å². The molecule has 1 N–H and O–H groups in total. The summed E-state index contributed by atoms with van der Waals surface area (Å²) in [5.74, 6) is -1.15. The number of hydrogen-bond donors (Lipinski definition) is 1. The number of ether oxygens (including phenoxy) is 1. The monoisotopic (exact) mass is 305 g/mol. The van der Waals surface area contributed by atoms with Crippen LogP contribution in [0, 0.1) is 0 Å². The van der Waals surface area contributed by atoms with Gasteiger partial charge < -0.3 is 9.84 Å². The van der Waals surface area contributed by atoms with E-state index in [1.807, 2.05) is 0 Å². The molecular formula is C11H15NO5S2. The molecule has 1 aromatic heterocycles. The van der Waals surface area contributed by atoms with Crippen molar-refractivity contribution in [3.05, 3.63) is 29.7 Å². The molecule has 0 radical (unpaired) electrons. The van der Waals surface area contributed by atoms with Crippen LogP contribution in [-0.2, 0) is 14.8 Å². The van der Waals surface area contributed by atoms with Crippen LogP contribution in [0.3, 0.4) is 0 Å². The first-order valence-electron chi connectivity index (χ1n) is 5.35. The lowest BCUT2D eigenvalue weighted by Crippen LogP contribution is -2.33. The minimum Gasteiger partial charge on any atom is -0.478 e. The highest BCUT2D eigenvalue weighted by atomic mass is 32.2.